The second-order valence-corrected chi connectivity index (χ2v) is 7.08. The van der Waals surface area contributed by atoms with Gasteiger partial charge in [-0.25, -0.2) is 4.79 Å². The highest BCUT2D eigenvalue weighted by molar-refractivity contribution is 7.51. The van der Waals surface area contributed by atoms with E-state index >= 15 is 0 Å². The van der Waals surface area contributed by atoms with Crippen molar-refractivity contribution in [2.45, 2.75) is 19.1 Å². The van der Waals surface area contributed by atoms with Gasteiger partial charge in [-0.05, 0) is 5.56 Å². The maximum atomic E-state index is 12.0. The molecule has 0 aliphatic carbocycles. The number of ether oxygens (including phenoxy) is 1. The quantitative estimate of drug-likeness (QED) is 0.465. The first-order chi connectivity index (χ1) is 11.8. The Labute approximate surface area is 142 Å². The van der Waals surface area contributed by atoms with Crippen molar-refractivity contribution in [2.75, 3.05) is 13.0 Å². The monoisotopic (exact) mass is 370 g/mol. The molecule has 1 heterocycles. The van der Waals surface area contributed by atoms with Crippen molar-refractivity contribution < 1.29 is 24.2 Å². The zero-order valence-corrected chi connectivity index (χ0v) is 14.1. The average molecular weight is 370 g/mol. The first-order valence-corrected chi connectivity index (χ1v) is 9.22. The summed E-state index contributed by atoms with van der Waals surface area (Å²) in [5.74, 6) is 0. The number of aliphatic hydroxyl groups is 1. The van der Waals surface area contributed by atoms with Gasteiger partial charge in [-0.3, -0.25) is 18.9 Å². The Kier molecular flexibility index (Phi) is 6.46. The van der Waals surface area contributed by atoms with Gasteiger partial charge in [-0.15, -0.1) is 0 Å². The first kappa shape index (κ1) is 19.3. The predicted octanol–water partition coefficient (Wildman–Crippen LogP) is -0.360. The average Bonchev–Trinajstić information content (AvgIpc) is 2.55. The number of hydrogen-bond donors (Lipinski definition) is 4. The highest BCUT2D eigenvalue weighted by Crippen LogP contribution is 2.34. The molecule has 4 N–H and O–H groups in total. The molecule has 136 valence electrons. The molecular weight excluding hydrogens is 351 g/mol. The molecule has 0 aliphatic rings. The van der Waals surface area contributed by atoms with Crippen LogP contribution in [0.15, 0.2) is 46.1 Å². The first-order valence-electron chi connectivity index (χ1n) is 7.42. The van der Waals surface area contributed by atoms with Crippen molar-refractivity contribution in [3.8, 4) is 0 Å². The van der Waals surface area contributed by atoms with Crippen LogP contribution < -0.4 is 11.2 Å². The molecule has 2 rings (SSSR count). The summed E-state index contributed by atoms with van der Waals surface area (Å²) in [6.45, 7) is -0.701. The molecule has 0 fully saturated rings. The Morgan fingerprint density at radius 3 is 2.48 bits per heavy atom. The molecule has 0 amide bonds. The maximum Gasteiger partial charge on any atom is 0.350 e. The Balaban J connectivity index is 2.20. The molecule has 10 heteroatoms. The standard InChI is InChI=1S/C15H19N2O7P/c18-9-13(24-10-25(21,22)23)8-17-7-12(14(19)16-15(17)20)6-11-4-2-1-3-5-11/h1-5,7,13,18H,6,8-10H2,(H,16,19,20)(H2,21,22,23)/t13-/m0/s1. The van der Waals surface area contributed by atoms with Crippen molar-refractivity contribution in [1.82, 2.24) is 9.55 Å². The summed E-state index contributed by atoms with van der Waals surface area (Å²) in [5.41, 5.74) is 0.0222. The summed E-state index contributed by atoms with van der Waals surface area (Å²) in [5, 5.41) is 9.27. The lowest BCUT2D eigenvalue weighted by atomic mass is 10.1. The molecule has 0 aliphatic heterocycles. The molecule has 0 spiro atoms. The van der Waals surface area contributed by atoms with Gasteiger partial charge in [0, 0.05) is 18.2 Å². The number of nitrogens with one attached hydrogen (secondary N) is 1. The van der Waals surface area contributed by atoms with E-state index in [1.54, 1.807) is 0 Å². The highest BCUT2D eigenvalue weighted by Gasteiger charge is 2.18. The van der Waals surface area contributed by atoms with Crippen LogP contribution >= 0.6 is 7.60 Å². The van der Waals surface area contributed by atoms with Gasteiger partial charge in [0.25, 0.3) is 5.56 Å². The van der Waals surface area contributed by atoms with Crippen molar-refractivity contribution in [2.24, 2.45) is 0 Å². The minimum absolute atomic E-state index is 0.159. The molecule has 1 aromatic heterocycles. The van der Waals surface area contributed by atoms with Crippen LogP contribution in [-0.4, -0.2) is 43.5 Å². The number of nitrogens with zero attached hydrogens (tertiary/aromatic N) is 1. The number of aromatic amines is 1. The summed E-state index contributed by atoms with van der Waals surface area (Å²) in [7, 11) is -4.39. The fourth-order valence-electron chi connectivity index (χ4n) is 2.22. The molecule has 0 unspecified atom stereocenters. The van der Waals surface area contributed by atoms with Gasteiger partial charge >= 0.3 is 13.3 Å². The van der Waals surface area contributed by atoms with Crippen LogP contribution in [0.4, 0.5) is 0 Å². The number of aliphatic hydroxyl groups excluding tert-OH is 1. The zero-order chi connectivity index (χ0) is 18.4. The third kappa shape index (κ3) is 6.08. The number of benzene rings is 1. The van der Waals surface area contributed by atoms with Crippen molar-refractivity contribution in [3.05, 3.63) is 68.5 Å². The van der Waals surface area contributed by atoms with Crippen LogP contribution in [0.3, 0.4) is 0 Å². The van der Waals surface area contributed by atoms with Crippen LogP contribution in [0.1, 0.15) is 11.1 Å². The minimum atomic E-state index is -4.39. The van der Waals surface area contributed by atoms with E-state index in [-0.39, 0.29) is 6.54 Å². The zero-order valence-electron chi connectivity index (χ0n) is 13.2. The van der Waals surface area contributed by atoms with Gasteiger partial charge in [-0.2, -0.15) is 0 Å². The number of rotatable bonds is 8. The molecule has 2 aromatic rings. The Morgan fingerprint density at radius 2 is 1.88 bits per heavy atom. The molecule has 0 bridgehead atoms. The molecule has 9 nitrogen and oxygen atoms in total. The van der Waals surface area contributed by atoms with Gasteiger partial charge in [0.15, 0.2) is 0 Å². The van der Waals surface area contributed by atoms with Gasteiger partial charge in [-0.1, -0.05) is 30.3 Å². The highest BCUT2D eigenvalue weighted by atomic mass is 31.2. The smallest absolute Gasteiger partial charge is 0.350 e. The van der Waals surface area contributed by atoms with Crippen molar-refractivity contribution in [1.29, 1.82) is 0 Å². The lowest BCUT2D eigenvalue weighted by Crippen LogP contribution is -2.36. The van der Waals surface area contributed by atoms with Crippen LogP contribution in [0.2, 0.25) is 0 Å². The lowest BCUT2D eigenvalue weighted by molar-refractivity contribution is 0.0188. The summed E-state index contributed by atoms with van der Waals surface area (Å²) in [6, 6.07) is 9.19. The van der Waals surface area contributed by atoms with Gasteiger partial charge in [0.2, 0.25) is 0 Å². The largest absolute Gasteiger partial charge is 0.394 e. The van der Waals surface area contributed by atoms with E-state index in [2.05, 4.69) is 4.98 Å². The summed E-state index contributed by atoms with van der Waals surface area (Å²) in [6.07, 6.45) is -0.199. The van der Waals surface area contributed by atoms with Crippen LogP contribution in [0.5, 0.6) is 0 Å². The summed E-state index contributed by atoms with van der Waals surface area (Å²) < 4.78 is 16.9. The molecule has 0 saturated carbocycles. The Hall–Kier alpha value is -2.03. The second-order valence-electron chi connectivity index (χ2n) is 5.49. The van der Waals surface area contributed by atoms with Crippen LogP contribution in [-0.2, 0) is 22.3 Å². The van der Waals surface area contributed by atoms with Gasteiger partial charge < -0.3 is 19.6 Å². The molecule has 0 saturated heterocycles. The minimum Gasteiger partial charge on any atom is -0.394 e. The van der Waals surface area contributed by atoms with Crippen LogP contribution in [0.25, 0.3) is 0 Å². The second kappa shape index (κ2) is 8.37. The van der Waals surface area contributed by atoms with Crippen molar-refractivity contribution in [3.63, 3.8) is 0 Å². The third-order valence-electron chi connectivity index (χ3n) is 3.40. The third-order valence-corrected chi connectivity index (χ3v) is 3.89. The molecule has 0 radical (unpaired) electrons. The predicted molar refractivity (Wildman–Crippen MR) is 89.4 cm³/mol. The number of aromatic nitrogens is 2. The summed E-state index contributed by atoms with van der Waals surface area (Å²) >= 11 is 0. The molecular formula is C15H19N2O7P. The normalized spacial score (nSPS) is 12.9. The maximum absolute atomic E-state index is 12.0. The van der Waals surface area contributed by atoms with E-state index in [0.717, 1.165) is 10.1 Å². The molecule has 1 atom stereocenters. The van der Waals surface area contributed by atoms with E-state index in [1.807, 2.05) is 30.3 Å². The van der Waals surface area contributed by atoms with Crippen LogP contribution in [0, 0.1) is 0 Å². The Morgan fingerprint density at radius 1 is 1.20 bits per heavy atom. The topological polar surface area (TPSA) is 142 Å². The van der Waals surface area contributed by atoms with Gasteiger partial charge in [0.05, 0.1) is 19.3 Å². The van der Waals surface area contributed by atoms with E-state index < -0.39 is 37.9 Å². The molecule has 1 aromatic carbocycles. The fourth-order valence-corrected chi connectivity index (χ4v) is 2.62. The fraction of sp³-hybridized carbons (Fsp3) is 0.333. The van der Waals surface area contributed by atoms with E-state index in [9.17, 15) is 19.3 Å². The Bertz CT molecular complexity index is 856. The van der Waals surface area contributed by atoms with E-state index in [1.165, 1.54) is 6.20 Å². The lowest BCUT2D eigenvalue weighted by Gasteiger charge is -2.17. The SMILES string of the molecule is O=c1[nH]c(=O)n(C[C@@H](CO)OCP(=O)(O)O)cc1Cc1ccccc1. The summed E-state index contributed by atoms with van der Waals surface area (Å²) in [4.78, 5) is 43.7. The van der Waals surface area contributed by atoms with Gasteiger partial charge in [0.1, 0.15) is 6.35 Å². The number of H-pyrrole nitrogens is 1. The molecule has 25 heavy (non-hydrogen) atoms. The van der Waals surface area contributed by atoms with E-state index in [0.29, 0.717) is 12.0 Å². The van der Waals surface area contributed by atoms with E-state index in [4.69, 9.17) is 14.5 Å². The van der Waals surface area contributed by atoms with Crippen molar-refractivity contribution >= 4 is 7.60 Å². The number of hydrogen-bond acceptors (Lipinski definition) is 5.